The summed E-state index contributed by atoms with van der Waals surface area (Å²) in [7, 11) is 1.68. The summed E-state index contributed by atoms with van der Waals surface area (Å²) in [5.74, 6) is 1.13. The van der Waals surface area contributed by atoms with Crippen LogP contribution in [-0.2, 0) is 11.3 Å². The van der Waals surface area contributed by atoms with Crippen LogP contribution in [0.4, 0.5) is 0 Å². The molecule has 3 rings (SSSR count). The van der Waals surface area contributed by atoms with Gasteiger partial charge in [-0.1, -0.05) is 18.2 Å². The minimum Gasteiger partial charge on any atom is -0.496 e. The first-order chi connectivity index (χ1) is 9.79. The smallest absolute Gasteiger partial charge is 0.240 e. The van der Waals surface area contributed by atoms with E-state index >= 15 is 0 Å². The van der Waals surface area contributed by atoms with Gasteiger partial charge in [0.25, 0.3) is 0 Å². The first kappa shape index (κ1) is 13.4. The lowest BCUT2D eigenvalue weighted by atomic mass is 10.1. The van der Waals surface area contributed by atoms with Crippen molar-refractivity contribution >= 4 is 5.91 Å². The van der Waals surface area contributed by atoms with Crippen LogP contribution in [0.1, 0.15) is 31.2 Å². The van der Waals surface area contributed by atoms with Gasteiger partial charge >= 0.3 is 0 Å². The van der Waals surface area contributed by atoms with E-state index in [1.807, 2.05) is 29.2 Å². The number of para-hydroxylation sites is 1. The number of methoxy groups -OCH3 is 1. The quantitative estimate of drug-likeness (QED) is 0.892. The van der Waals surface area contributed by atoms with Crippen molar-refractivity contribution in [3.63, 3.8) is 0 Å². The fraction of sp³-hybridized carbons (Fsp3) is 0.562. The second-order valence-electron chi connectivity index (χ2n) is 5.66. The molecule has 1 atom stereocenters. The van der Waals surface area contributed by atoms with Crippen LogP contribution >= 0.6 is 0 Å². The minimum atomic E-state index is 0.0188. The van der Waals surface area contributed by atoms with Crippen LogP contribution in [0.2, 0.25) is 0 Å². The van der Waals surface area contributed by atoms with Crippen LogP contribution in [0, 0.1) is 0 Å². The molecular weight excluding hydrogens is 252 g/mol. The van der Waals surface area contributed by atoms with Gasteiger partial charge < -0.3 is 15.0 Å². The maximum Gasteiger partial charge on any atom is 0.240 e. The predicted molar refractivity (Wildman–Crippen MR) is 77.6 cm³/mol. The van der Waals surface area contributed by atoms with Crippen molar-refractivity contribution < 1.29 is 9.53 Å². The minimum absolute atomic E-state index is 0.0188. The van der Waals surface area contributed by atoms with Gasteiger partial charge in [0.15, 0.2) is 0 Å². The Morgan fingerprint density at radius 3 is 2.80 bits per heavy atom. The topological polar surface area (TPSA) is 41.6 Å². The number of carbonyl (C=O) groups is 1. The Morgan fingerprint density at radius 2 is 2.15 bits per heavy atom. The molecule has 1 N–H and O–H groups in total. The first-order valence-corrected chi connectivity index (χ1v) is 7.45. The Balaban J connectivity index is 1.75. The van der Waals surface area contributed by atoms with Gasteiger partial charge in [-0.3, -0.25) is 4.79 Å². The van der Waals surface area contributed by atoms with Crippen molar-refractivity contribution in [3.8, 4) is 5.75 Å². The molecule has 1 aliphatic heterocycles. The molecular formula is C16H22N2O2. The highest BCUT2D eigenvalue weighted by atomic mass is 16.5. The maximum absolute atomic E-state index is 12.7. The van der Waals surface area contributed by atoms with Crippen LogP contribution < -0.4 is 10.1 Å². The van der Waals surface area contributed by atoms with E-state index in [1.54, 1.807) is 7.11 Å². The van der Waals surface area contributed by atoms with Gasteiger partial charge in [-0.25, -0.2) is 0 Å². The van der Waals surface area contributed by atoms with Crippen molar-refractivity contribution in [3.05, 3.63) is 29.8 Å². The third-order valence-electron chi connectivity index (χ3n) is 4.16. The molecule has 1 saturated heterocycles. The second-order valence-corrected chi connectivity index (χ2v) is 5.66. The summed E-state index contributed by atoms with van der Waals surface area (Å²) in [5.41, 5.74) is 1.09. The molecule has 0 radical (unpaired) electrons. The summed E-state index contributed by atoms with van der Waals surface area (Å²) in [6.07, 6.45) is 4.33. The zero-order valence-electron chi connectivity index (χ0n) is 12.0. The van der Waals surface area contributed by atoms with E-state index in [0.29, 0.717) is 12.6 Å². The first-order valence-electron chi connectivity index (χ1n) is 7.45. The Bertz CT molecular complexity index is 479. The number of amides is 1. The standard InChI is InChI=1S/C16H22N2O2/c1-20-15-7-3-2-5-12(15)11-18(13-8-9-13)16(19)14-6-4-10-17-14/h2-3,5,7,13-14,17H,4,6,8-11H2,1H3. The molecule has 1 aromatic rings. The summed E-state index contributed by atoms with van der Waals surface area (Å²) in [6, 6.07) is 8.41. The van der Waals surface area contributed by atoms with Gasteiger partial charge in [0.05, 0.1) is 13.2 Å². The number of nitrogens with one attached hydrogen (secondary N) is 1. The molecule has 1 amide bonds. The number of rotatable bonds is 5. The Morgan fingerprint density at radius 1 is 1.35 bits per heavy atom. The average molecular weight is 274 g/mol. The van der Waals surface area contributed by atoms with Gasteiger partial charge in [-0.2, -0.15) is 0 Å². The normalized spacial score (nSPS) is 21.8. The maximum atomic E-state index is 12.7. The molecule has 108 valence electrons. The van der Waals surface area contributed by atoms with Crippen LogP contribution in [0.5, 0.6) is 5.75 Å². The zero-order valence-corrected chi connectivity index (χ0v) is 12.0. The highest BCUT2D eigenvalue weighted by molar-refractivity contribution is 5.82. The third-order valence-corrected chi connectivity index (χ3v) is 4.16. The molecule has 1 heterocycles. The lowest BCUT2D eigenvalue weighted by Crippen LogP contribution is -2.44. The number of nitrogens with zero attached hydrogens (tertiary/aromatic N) is 1. The molecule has 2 aliphatic rings. The summed E-state index contributed by atoms with van der Waals surface area (Å²) >= 11 is 0. The predicted octanol–water partition coefficient (Wildman–Crippen LogP) is 1.94. The molecule has 1 unspecified atom stereocenters. The lowest BCUT2D eigenvalue weighted by Gasteiger charge is -2.26. The zero-order chi connectivity index (χ0) is 13.9. The molecule has 0 bridgehead atoms. The fourth-order valence-corrected chi connectivity index (χ4v) is 2.89. The van der Waals surface area contributed by atoms with Gasteiger partial charge in [-0.15, -0.1) is 0 Å². The van der Waals surface area contributed by atoms with Gasteiger partial charge in [0.1, 0.15) is 5.75 Å². The Kier molecular flexibility index (Phi) is 3.92. The van der Waals surface area contributed by atoms with Crippen molar-refractivity contribution in [2.24, 2.45) is 0 Å². The number of carbonyl (C=O) groups excluding carboxylic acids is 1. The summed E-state index contributed by atoms with van der Waals surface area (Å²) in [5, 5.41) is 3.31. The molecule has 4 heteroatoms. The summed E-state index contributed by atoms with van der Waals surface area (Å²) in [4.78, 5) is 14.7. The molecule has 4 nitrogen and oxygen atoms in total. The average Bonchev–Trinajstić information content (AvgIpc) is 3.17. The van der Waals surface area contributed by atoms with E-state index < -0.39 is 0 Å². The van der Waals surface area contributed by atoms with Crippen LogP contribution in [0.25, 0.3) is 0 Å². The Hall–Kier alpha value is -1.55. The summed E-state index contributed by atoms with van der Waals surface area (Å²) in [6.45, 7) is 1.62. The number of hydrogen-bond donors (Lipinski definition) is 1. The van der Waals surface area contributed by atoms with Gasteiger partial charge in [0, 0.05) is 18.2 Å². The molecule has 0 aromatic heterocycles. The van der Waals surface area contributed by atoms with Crippen LogP contribution in [0.3, 0.4) is 0 Å². The van der Waals surface area contributed by atoms with E-state index in [0.717, 1.165) is 43.5 Å². The third kappa shape index (κ3) is 2.80. The van der Waals surface area contributed by atoms with Gasteiger partial charge in [-0.05, 0) is 38.3 Å². The fourth-order valence-electron chi connectivity index (χ4n) is 2.89. The molecule has 20 heavy (non-hydrogen) atoms. The molecule has 2 fully saturated rings. The van der Waals surface area contributed by atoms with Crippen LogP contribution in [-0.4, -0.2) is 36.5 Å². The number of benzene rings is 1. The van der Waals surface area contributed by atoms with E-state index in [-0.39, 0.29) is 11.9 Å². The van der Waals surface area contributed by atoms with Crippen molar-refractivity contribution in [1.82, 2.24) is 10.2 Å². The largest absolute Gasteiger partial charge is 0.496 e. The molecule has 1 aliphatic carbocycles. The highest BCUT2D eigenvalue weighted by Gasteiger charge is 2.36. The lowest BCUT2D eigenvalue weighted by molar-refractivity contribution is -0.134. The van der Waals surface area contributed by atoms with E-state index in [4.69, 9.17) is 4.74 Å². The molecule has 1 aromatic carbocycles. The monoisotopic (exact) mass is 274 g/mol. The SMILES string of the molecule is COc1ccccc1CN(C(=O)C1CCCN1)C1CC1. The van der Waals surface area contributed by atoms with Crippen molar-refractivity contribution in [1.29, 1.82) is 0 Å². The van der Waals surface area contributed by atoms with Crippen LogP contribution in [0.15, 0.2) is 24.3 Å². The van der Waals surface area contributed by atoms with Gasteiger partial charge in [0.2, 0.25) is 5.91 Å². The second kappa shape index (κ2) is 5.83. The number of hydrogen-bond acceptors (Lipinski definition) is 3. The van der Waals surface area contributed by atoms with Crippen molar-refractivity contribution in [2.45, 2.75) is 44.3 Å². The molecule has 1 saturated carbocycles. The van der Waals surface area contributed by atoms with Crippen molar-refractivity contribution in [2.75, 3.05) is 13.7 Å². The highest BCUT2D eigenvalue weighted by Crippen LogP contribution is 2.31. The summed E-state index contributed by atoms with van der Waals surface area (Å²) < 4.78 is 5.40. The van der Waals surface area contributed by atoms with E-state index in [2.05, 4.69) is 5.32 Å². The Labute approximate surface area is 120 Å². The molecule has 0 spiro atoms. The van der Waals surface area contributed by atoms with E-state index in [9.17, 15) is 4.79 Å². The van der Waals surface area contributed by atoms with E-state index in [1.165, 1.54) is 0 Å². The number of ether oxygens (including phenoxy) is 1.